The molecule has 3 heterocycles. The first-order valence-corrected chi connectivity index (χ1v) is 14.0. The van der Waals surface area contributed by atoms with Gasteiger partial charge >= 0.3 is 5.91 Å². The van der Waals surface area contributed by atoms with Crippen molar-refractivity contribution in [3.05, 3.63) is 104 Å². The van der Waals surface area contributed by atoms with Crippen LogP contribution in [0.2, 0.25) is 10.0 Å². The van der Waals surface area contributed by atoms with Gasteiger partial charge in [0.15, 0.2) is 4.34 Å². The van der Waals surface area contributed by atoms with Gasteiger partial charge in [-0.05, 0) is 60.9 Å². The van der Waals surface area contributed by atoms with Crippen LogP contribution in [0.1, 0.15) is 33.9 Å². The van der Waals surface area contributed by atoms with E-state index in [9.17, 15) is 14.7 Å². The van der Waals surface area contributed by atoms with Crippen LogP contribution in [0.3, 0.4) is 0 Å². The number of amides is 1. The SMILES string of the molecule is Cc1ccc(C)c(/C(O)=C2\C(=O)C(=O)N(c3nnc(SCc4ccc(Cl)cc4Cl)s3)C2c2ccncc2)c1. The molecule has 192 valence electrons. The Labute approximate surface area is 237 Å². The highest BCUT2D eigenvalue weighted by Gasteiger charge is 2.48. The Bertz CT molecular complexity index is 1590. The summed E-state index contributed by atoms with van der Waals surface area (Å²) in [5, 5.41) is 21.2. The summed E-state index contributed by atoms with van der Waals surface area (Å²) in [6.07, 6.45) is 3.15. The summed E-state index contributed by atoms with van der Waals surface area (Å²) in [6, 6.07) is 13.4. The standard InChI is InChI=1S/C27H20Cl2N4O3S2/c1-14-3-4-15(2)19(11-14)23(34)21-22(16-7-9-30-10-8-16)33(25(36)24(21)35)26-31-32-27(38-26)37-13-17-5-6-18(28)12-20(17)29/h3-12,22,34H,13H2,1-2H3/b23-21+. The summed E-state index contributed by atoms with van der Waals surface area (Å²) in [5.74, 6) is -1.29. The van der Waals surface area contributed by atoms with E-state index >= 15 is 0 Å². The lowest BCUT2D eigenvalue weighted by Crippen LogP contribution is -2.29. The van der Waals surface area contributed by atoms with E-state index in [0.717, 1.165) is 16.7 Å². The molecule has 1 N–H and O–H groups in total. The number of carbonyl (C=O) groups is 2. The monoisotopic (exact) mass is 582 g/mol. The second-order valence-electron chi connectivity index (χ2n) is 8.64. The summed E-state index contributed by atoms with van der Waals surface area (Å²) in [6.45, 7) is 3.74. The van der Waals surface area contributed by atoms with Crippen LogP contribution < -0.4 is 4.90 Å². The minimum Gasteiger partial charge on any atom is -0.507 e. The Morgan fingerprint density at radius 2 is 1.82 bits per heavy atom. The molecule has 1 amide bonds. The lowest BCUT2D eigenvalue weighted by Gasteiger charge is -2.22. The van der Waals surface area contributed by atoms with Gasteiger partial charge in [-0.1, -0.05) is 70.1 Å². The molecule has 11 heteroatoms. The number of hydrogen-bond donors (Lipinski definition) is 1. The van der Waals surface area contributed by atoms with Gasteiger partial charge in [0.1, 0.15) is 5.76 Å². The number of thioether (sulfide) groups is 1. The van der Waals surface area contributed by atoms with Crippen molar-refractivity contribution in [1.82, 2.24) is 15.2 Å². The molecule has 0 saturated carbocycles. The Morgan fingerprint density at radius 3 is 2.55 bits per heavy atom. The van der Waals surface area contributed by atoms with Crippen LogP contribution in [-0.4, -0.2) is 32.0 Å². The van der Waals surface area contributed by atoms with Crippen molar-refractivity contribution in [2.75, 3.05) is 4.90 Å². The molecule has 4 aromatic rings. The number of anilines is 1. The fourth-order valence-corrected chi connectivity index (χ4v) is 6.59. The second kappa shape index (κ2) is 10.9. The Morgan fingerprint density at radius 1 is 1.05 bits per heavy atom. The van der Waals surface area contributed by atoms with Crippen LogP contribution in [0, 0.1) is 13.8 Å². The number of ketones is 1. The predicted molar refractivity (Wildman–Crippen MR) is 151 cm³/mol. The number of aliphatic hydroxyl groups is 1. The number of aryl methyl sites for hydroxylation is 2. The van der Waals surface area contributed by atoms with Gasteiger partial charge in [0.2, 0.25) is 5.13 Å². The highest BCUT2D eigenvalue weighted by Crippen LogP contribution is 2.44. The average molecular weight is 584 g/mol. The van der Waals surface area contributed by atoms with Crippen molar-refractivity contribution in [2.24, 2.45) is 0 Å². The summed E-state index contributed by atoms with van der Waals surface area (Å²) in [5.41, 5.74) is 3.68. The number of halogens is 2. The summed E-state index contributed by atoms with van der Waals surface area (Å²) < 4.78 is 0.593. The van der Waals surface area contributed by atoms with Gasteiger partial charge in [0.05, 0.1) is 11.6 Å². The maximum atomic E-state index is 13.4. The molecule has 2 aromatic carbocycles. The molecule has 1 saturated heterocycles. The van der Waals surface area contributed by atoms with Crippen molar-refractivity contribution in [3.8, 4) is 0 Å². The highest BCUT2D eigenvalue weighted by molar-refractivity contribution is 8.00. The summed E-state index contributed by atoms with van der Waals surface area (Å²) in [7, 11) is 0. The smallest absolute Gasteiger partial charge is 0.301 e. The first kappa shape index (κ1) is 26.4. The van der Waals surface area contributed by atoms with E-state index in [2.05, 4.69) is 15.2 Å². The molecular weight excluding hydrogens is 563 g/mol. The van der Waals surface area contributed by atoms with Crippen LogP contribution in [0.15, 0.2) is 70.8 Å². The number of benzene rings is 2. The molecule has 2 aromatic heterocycles. The number of hydrogen-bond acceptors (Lipinski definition) is 8. The Hall–Kier alpha value is -3.24. The number of pyridine rings is 1. The van der Waals surface area contributed by atoms with Gasteiger partial charge in [-0.25, -0.2) is 0 Å². The van der Waals surface area contributed by atoms with Crippen molar-refractivity contribution in [2.45, 2.75) is 30.0 Å². The zero-order chi connectivity index (χ0) is 27.0. The van der Waals surface area contributed by atoms with Crippen LogP contribution in [0.25, 0.3) is 5.76 Å². The zero-order valence-corrected chi connectivity index (χ0v) is 23.3. The third-order valence-electron chi connectivity index (χ3n) is 6.08. The first-order valence-electron chi connectivity index (χ1n) is 11.4. The van der Waals surface area contributed by atoms with Crippen molar-refractivity contribution >= 4 is 68.9 Å². The van der Waals surface area contributed by atoms with Gasteiger partial charge in [0, 0.05) is 33.8 Å². The van der Waals surface area contributed by atoms with Crippen LogP contribution in [0.5, 0.6) is 0 Å². The molecule has 0 radical (unpaired) electrons. The number of Topliss-reactive ketones (excluding diaryl/α,β-unsaturated/α-hetero) is 1. The Kier molecular flexibility index (Phi) is 7.54. The quantitative estimate of drug-likeness (QED) is 0.0879. The lowest BCUT2D eigenvalue weighted by atomic mass is 9.94. The lowest BCUT2D eigenvalue weighted by molar-refractivity contribution is -0.132. The predicted octanol–water partition coefficient (Wildman–Crippen LogP) is 6.78. The van der Waals surface area contributed by atoms with E-state index in [1.165, 1.54) is 28.0 Å². The van der Waals surface area contributed by atoms with Crippen LogP contribution in [0.4, 0.5) is 5.13 Å². The molecule has 5 rings (SSSR count). The molecule has 1 aliphatic heterocycles. The third-order valence-corrected chi connectivity index (χ3v) is 8.77. The van der Waals surface area contributed by atoms with E-state index < -0.39 is 17.7 Å². The topological polar surface area (TPSA) is 96.3 Å². The number of aromatic nitrogens is 3. The minimum atomic E-state index is -0.894. The van der Waals surface area contributed by atoms with E-state index in [4.69, 9.17) is 23.2 Å². The van der Waals surface area contributed by atoms with Gasteiger partial charge < -0.3 is 5.11 Å². The van der Waals surface area contributed by atoms with E-state index in [1.54, 1.807) is 42.7 Å². The average Bonchev–Trinajstić information content (AvgIpc) is 3.47. The number of aliphatic hydroxyl groups excluding tert-OH is 1. The molecule has 38 heavy (non-hydrogen) atoms. The Balaban J connectivity index is 1.54. The summed E-state index contributed by atoms with van der Waals surface area (Å²) >= 11 is 14.9. The van der Waals surface area contributed by atoms with E-state index in [1.807, 2.05) is 32.0 Å². The molecule has 0 bridgehead atoms. The van der Waals surface area contributed by atoms with E-state index in [0.29, 0.717) is 31.3 Å². The minimum absolute atomic E-state index is 0.00718. The largest absolute Gasteiger partial charge is 0.507 e. The van der Waals surface area contributed by atoms with Gasteiger partial charge in [-0.2, -0.15) is 0 Å². The molecule has 7 nitrogen and oxygen atoms in total. The molecule has 0 aliphatic carbocycles. The molecule has 1 atom stereocenters. The highest BCUT2D eigenvalue weighted by atomic mass is 35.5. The van der Waals surface area contributed by atoms with Gasteiger partial charge in [0.25, 0.3) is 5.78 Å². The molecule has 1 aliphatic rings. The summed E-state index contributed by atoms with van der Waals surface area (Å²) in [4.78, 5) is 32.1. The molecule has 1 unspecified atom stereocenters. The van der Waals surface area contributed by atoms with Gasteiger partial charge in [-0.15, -0.1) is 10.2 Å². The van der Waals surface area contributed by atoms with Crippen molar-refractivity contribution < 1.29 is 14.7 Å². The second-order valence-corrected chi connectivity index (χ2v) is 11.7. The van der Waals surface area contributed by atoms with Crippen molar-refractivity contribution in [1.29, 1.82) is 0 Å². The maximum absolute atomic E-state index is 13.4. The molecular formula is C27H20Cl2N4O3S2. The number of rotatable bonds is 6. The fraction of sp³-hybridized carbons (Fsp3) is 0.148. The first-order chi connectivity index (χ1) is 18.2. The van der Waals surface area contributed by atoms with Gasteiger partial charge in [-0.3, -0.25) is 19.5 Å². The molecule has 0 spiro atoms. The molecule has 1 fully saturated rings. The van der Waals surface area contributed by atoms with Crippen molar-refractivity contribution in [3.63, 3.8) is 0 Å². The maximum Gasteiger partial charge on any atom is 0.301 e. The number of nitrogens with zero attached hydrogens (tertiary/aromatic N) is 4. The van der Waals surface area contributed by atoms with Crippen LogP contribution in [-0.2, 0) is 15.3 Å². The fourth-order valence-electron chi connectivity index (χ4n) is 4.16. The van der Waals surface area contributed by atoms with Crippen LogP contribution >= 0.6 is 46.3 Å². The van der Waals surface area contributed by atoms with E-state index in [-0.39, 0.29) is 16.5 Å². The normalized spacial score (nSPS) is 16.8. The zero-order valence-electron chi connectivity index (χ0n) is 20.2. The third kappa shape index (κ3) is 5.07. The number of carbonyl (C=O) groups excluding carboxylic acids is 2.